The zero-order chi connectivity index (χ0) is 31.0. The van der Waals surface area contributed by atoms with Gasteiger partial charge in [-0.25, -0.2) is 0 Å². The summed E-state index contributed by atoms with van der Waals surface area (Å²) in [5, 5.41) is 7.77. The summed E-state index contributed by atoms with van der Waals surface area (Å²) >= 11 is 1.79. The Kier molecular flexibility index (Phi) is 23.2. The maximum Gasteiger partial charge on any atom is 0.0402 e. The molecule has 3 rings (SSSR count). The number of hydrogen-bond donors (Lipinski definition) is 1. The van der Waals surface area contributed by atoms with Gasteiger partial charge in [0, 0.05) is 23.1 Å². The first-order chi connectivity index (χ1) is 19.7. The van der Waals surface area contributed by atoms with Crippen molar-refractivity contribution in [1.29, 1.82) is 5.41 Å². The van der Waals surface area contributed by atoms with E-state index < -0.39 is 0 Å². The monoisotopic (exact) mass is 578 g/mol. The molecule has 230 valence electrons. The van der Waals surface area contributed by atoms with Crippen molar-refractivity contribution in [2.75, 3.05) is 0 Å². The maximum absolute atomic E-state index is 7.77. The number of benzene rings is 2. The van der Waals surface area contributed by atoms with Crippen molar-refractivity contribution >= 4 is 29.6 Å². The molecular formula is C38H62N2S. The van der Waals surface area contributed by atoms with Crippen molar-refractivity contribution in [2.45, 2.75) is 132 Å². The molecule has 3 heteroatoms. The second kappa shape index (κ2) is 24.5. The Balaban J connectivity index is 0.00000102. The minimum atomic E-state index is 0.588. The van der Waals surface area contributed by atoms with Gasteiger partial charge in [-0.05, 0) is 77.8 Å². The topological polar surface area (TPSA) is 36.2 Å². The van der Waals surface area contributed by atoms with Gasteiger partial charge in [0.05, 0.1) is 0 Å². The molecule has 2 nitrogen and oxygen atoms in total. The Labute approximate surface area is 259 Å². The molecule has 1 aliphatic rings. The van der Waals surface area contributed by atoms with Crippen molar-refractivity contribution in [3.63, 3.8) is 0 Å². The van der Waals surface area contributed by atoms with E-state index in [4.69, 9.17) is 5.41 Å². The minimum Gasteiger partial charge on any atom is -0.308 e. The highest BCUT2D eigenvalue weighted by molar-refractivity contribution is 8.07. The molecule has 0 saturated heterocycles. The summed E-state index contributed by atoms with van der Waals surface area (Å²) in [5.41, 5.74) is 7.52. The molecule has 2 aromatic rings. The Morgan fingerprint density at radius 3 is 2.10 bits per heavy atom. The van der Waals surface area contributed by atoms with Crippen LogP contribution in [0.1, 0.15) is 140 Å². The van der Waals surface area contributed by atoms with Crippen LogP contribution in [0.2, 0.25) is 0 Å². The molecule has 2 aromatic carbocycles. The van der Waals surface area contributed by atoms with Crippen LogP contribution >= 0.6 is 11.8 Å². The van der Waals surface area contributed by atoms with Gasteiger partial charge in [-0.15, -0.1) is 11.8 Å². The normalized spacial score (nSPS) is 11.9. The predicted octanol–water partition coefficient (Wildman–Crippen LogP) is 12.5. The molecule has 0 aromatic heterocycles. The van der Waals surface area contributed by atoms with Crippen LogP contribution in [-0.4, -0.2) is 12.9 Å². The first kappa shape index (κ1) is 38.9. The van der Waals surface area contributed by atoms with E-state index >= 15 is 0 Å². The third-order valence-electron chi connectivity index (χ3n) is 6.26. The van der Waals surface area contributed by atoms with Gasteiger partial charge in [0.2, 0.25) is 0 Å². The zero-order valence-corrected chi connectivity index (χ0v) is 28.9. The van der Waals surface area contributed by atoms with E-state index in [0.717, 1.165) is 41.4 Å². The fraction of sp³-hybridized carbons (Fsp3) is 0.579. The van der Waals surface area contributed by atoms with Crippen molar-refractivity contribution in [1.82, 2.24) is 0 Å². The molecule has 1 saturated carbocycles. The summed E-state index contributed by atoms with van der Waals surface area (Å²) in [6, 6.07) is 13.0. The van der Waals surface area contributed by atoms with Gasteiger partial charge < -0.3 is 5.41 Å². The van der Waals surface area contributed by atoms with Crippen molar-refractivity contribution in [3.8, 4) is 0 Å². The van der Waals surface area contributed by atoms with Crippen molar-refractivity contribution in [2.24, 2.45) is 16.8 Å². The van der Waals surface area contributed by atoms with Crippen LogP contribution in [0.25, 0.3) is 4.91 Å². The molecule has 1 aliphatic carbocycles. The SMILES string of the molecule is C1CC1.C=N/C=C(\SCc1ccc(CC(C)C)c(C=N)c1)c1cccc(C)c1CCC.CCC.CCCCC(C)C. The summed E-state index contributed by atoms with van der Waals surface area (Å²) in [5.74, 6) is 2.34. The van der Waals surface area contributed by atoms with E-state index in [0.29, 0.717) is 5.92 Å². The average molecular weight is 579 g/mol. The molecule has 0 unspecified atom stereocenters. The molecule has 0 aliphatic heterocycles. The number of aryl methyl sites for hydroxylation is 1. The average Bonchev–Trinajstić information content (AvgIpc) is 3.82. The molecule has 1 fully saturated rings. The van der Waals surface area contributed by atoms with Crippen LogP contribution in [0.3, 0.4) is 0 Å². The van der Waals surface area contributed by atoms with Gasteiger partial charge in [0.15, 0.2) is 0 Å². The maximum atomic E-state index is 7.77. The van der Waals surface area contributed by atoms with E-state index in [1.54, 1.807) is 11.8 Å². The van der Waals surface area contributed by atoms with E-state index in [9.17, 15) is 0 Å². The van der Waals surface area contributed by atoms with E-state index in [2.05, 4.69) is 110 Å². The smallest absolute Gasteiger partial charge is 0.0402 e. The fourth-order valence-electron chi connectivity index (χ4n) is 4.05. The van der Waals surface area contributed by atoms with Gasteiger partial charge >= 0.3 is 0 Å². The Morgan fingerprint density at radius 1 is 0.976 bits per heavy atom. The van der Waals surface area contributed by atoms with Crippen LogP contribution in [0.4, 0.5) is 0 Å². The Morgan fingerprint density at radius 2 is 1.63 bits per heavy atom. The Hall–Kier alpha value is -2.13. The first-order valence-electron chi connectivity index (χ1n) is 16.2. The van der Waals surface area contributed by atoms with E-state index in [-0.39, 0.29) is 0 Å². The lowest BCUT2D eigenvalue weighted by molar-refractivity contribution is 0.550. The predicted molar refractivity (Wildman–Crippen MR) is 191 cm³/mol. The quantitative estimate of drug-likeness (QED) is 0.236. The minimum absolute atomic E-state index is 0.588. The number of thioether (sulfide) groups is 1. The number of hydrogen-bond acceptors (Lipinski definition) is 3. The molecule has 0 amide bonds. The highest BCUT2D eigenvalue weighted by Crippen LogP contribution is 2.34. The molecule has 0 heterocycles. The lowest BCUT2D eigenvalue weighted by Crippen LogP contribution is -2.00. The molecule has 0 spiro atoms. The number of unbranched alkanes of at least 4 members (excludes halogenated alkanes) is 1. The summed E-state index contributed by atoms with van der Waals surface area (Å²) in [6.07, 6.45) is 16.5. The molecule has 41 heavy (non-hydrogen) atoms. The standard InChI is InChI=1S/C25H32N2S.C7H16.C3H6.C3H8/c1-6-8-23-19(4)9-7-10-24(23)25(16-27-5)28-17-20-11-12-21(13-18(2)3)22(14-20)15-26;1-4-5-6-7(2)3;1-2-3-1;1-3-2/h7,9-12,14-16,18,26H,5-6,8,13,17H2,1-4H3;7H,4-6H2,1-3H3;1-3H2;3H2,1-2H3/b25-16-,26-15?;;;. The fourth-order valence-corrected chi connectivity index (χ4v) is 5.05. The number of nitrogens with one attached hydrogen (secondary N) is 1. The lowest BCUT2D eigenvalue weighted by atomic mass is 9.97. The summed E-state index contributed by atoms with van der Waals surface area (Å²) in [6.45, 7) is 23.5. The van der Waals surface area contributed by atoms with Gasteiger partial charge in [-0.2, -0.15) is 0 Å². The lowest BCUT2D eigenvalue weighted by Gasteiger charge is -2.15. The molecule has 0 bridgehead atoms. The number of rotatable bonds is 13. The molecule has 0 radical (unpaired) electrons. The van der Waals surface area contributed by atoms with E-state index in [1.807, 2.05) is 6.20 Å². The first-order valence-corrected chi connectivity index (χ1v) is 17.2. The zero-order valence-electron chi connectivity index (χ0n) is 28.1. The summed E-state index contributed by atoms with van der Waals surface area (Å²) < 4.78 is 0. The summed E-state index contributed by atoms with van der Waals surface area (Å²) in [7, 11) is 0. The van der Waals surface area contributed by atoms with Crippen molar-refractivity contribution in [3.05, 3.63) is 76.0 Å². The van der Waals surface area contributed by atoms with Gasteiger partial charge in [0.1, 0.15) is 0 Å². The number of nitrogens with zero attached hydrogens (tertiary/aromatic N) is 1. The second-order valence-corrected chi connectivity index (χ2v) is 12.9. The molecule has 1 N–H and O–H groups in total. The van der Waals surface area contributed by atoms with Gasteiger partial charge in [-0.3, -0.25) is 4.99 Å². The largest absolute Gasteiger partial charge is 0.308 e. The third-order valence-corrected chi connectivity index (χ3v) is 7.38. The molecule has 0 atom stereocenters. The third kappa shape index (κ3) is 18.8. The second-order valence-electron chi connectivity index (χ2n) is 11.9. The highest BCUT2D eigenvalue weighted by atomic mass is 32.2. The Bertz CT molecular complexity index is 999. The highest BCUT2D eigenvalue weighted by Gasteiger charge is 2.12. The number of aliphatic imine (C=N–C) groups is 1. The van der Waals surface area contributed by atoms with Crippen LogP contribution in [-0.2, 0) is 18.6 Å². The van der Waals surface area contributed by atoms with Crippen LogP contribution in [0.15, 0.2) is 47.6 Å². The van der Waals surface area contributed by atoms with Crippen LogP contribution < -0.4 is 0 Å². The van der Waals surface area contributed by atoms with Gasteiger partial charge in [0.25, 0.3) is 0 Å². The molecular weight excluding hydrogens is 516 g/mol. The van der Waals surface area contributed by atoms with Crippen LogP contribution in [0.5, 0.6) is 0 Å². The van der Waals surface area contributed by atoms with Gasteiger partial charge in [-0.1, -0.05) is 137 Å². The summed E-state index contributed by atoms with van der Waals surface area (Å²) in [4.78, 5) is 5.22. The van der Waals surface area contributed by atoms with Crippen LogP contribution in [0, 0.1) is 24.2 Å². The van der Waals surface area contributed by atoms with Crippen molar-refractivity contribution < 1.29 is 0 Å². The van der Waals surface area contributed by atoms with E-state index in [1.165, 1.54) is 79.0 Å².